The van der Waals surface area contributed by atoms with E-state index in [0.29, 0.717) is 21.8 Å². The van der Waals surface area contributed by atoms with E-state index in [9.17, 15) is 13.6 Å². The van der Waals surface area contributed by atoms with Crippen LogP contribution >= 0.6 is 23.2 Å². The molecule has 0 saturated heterocycles. The third-order valence-electron chi connectivity index (χ3n) is 4.32. The van der Waals surface area contributed by atoms with Crippen molar-refractivity contribution in [2.75, 3.05) is 6.61 Å². The number of amides is 1. The largest absolute Gasteiger partial charge is 0.471 e. The number of carbonyl (C=O) groups is 1. The lowest BCUT2D eigenvalue weighted by molar-refractivity contribution is 0.0658. The van der Waals surface area contributed by atoms with E-state index in [1.807, 2.05) is 13.8 Å². The number of fused-ring (bicyclic) bond motifs is 1. The molecule has 26 heavy (non-hydrogen) atoms. The van der Waals surface area contributed by atoms with Gasteiger partial charge < -0.3 is 9.64 Å². The number of carbonyl (C=O) groups excluding carboxylic acids is 1. The lowest BCUT2D eigenvalue weighted by Crippen LogP contribution is -2.30. The van der Waals surface area contributed by atoms with Crippen LogP contribution in [0.2, 0.25) is 10.2 Å². The minimum absolute atomic E-state index is 0.0701. The SMILES string of the molecule is CC(c1cnc(OCC(F)F)c(Cl)c1)N1C(=O)c2ccnc(Cl)c2C1C. The molecule has 2 atom stereocenters. The highest BCUT2D eigenvalue weighted by atomic mass is 35.5. The van der Waals surface area contributed by atoms with Crippen LogP contribution in [0.5, 0.6) is 5.88 Å². The van der Waals surface area contributed by atoms with Gasteiger partial charge in [-0.25, -0.2) is 18.7 Å². The van der Waals surface area contributed by atoms with Crippen molar-refractivity contribution < 1.29 is 18.3 Å². The van der Waals surface area contributed by atoms with Gasteiger partial charge >= 0.3 is 0 Å². The molecule has 1 aliphatic heterocycles. The molecule has 9 heteroatoms. The van der Waals surface area contributed by atoms with Gasteiger partial charge in [-0.3, -0.25) is 4.79 Å². The first-order valence-electron chi connectivity index (χ1n) is 7.84. The highest BCUT2D eigenvalue weighted by Gasteiger charge is 2.39. The average Bonchev–Trinajstić information content (AvgIpc) is 2.85. The van der Waals surface area contributed by atoms with Crippen molar-refractivity contribution in [2.24, 2.45) is 0 Å². The van der Waals surface area contributed by atoms with E-state index in [1.165, 1.54) is 12.4 Å². The number of aromatic nitrogens is 2. The van der Waals surface area contributed by atoms with E-state index in [-0.39, 0.29) is 28.9 Å². The number of alkyl halides is 2. The molecule has 0 fully saturated rings. The fraction of sp³-hybridized carbons (Fsp3) is 0.353. The minimum Gasteiger partial charge on any atom is -0.471 e. The number of ether oxygens (including phenoxy) is 1. The third-order valence-corrected chi connectivity index (χ3v) is 4.89. The van der Waals surface area contributed by atoms with Crippen LogP contribution in [-0.2, 0) is 0 Å². The standard InChI is InChI=1S/C17H15Cl2F2N3O2/c1-8(10-5-12(18)16(23-6-10)26-7-13(20)21)24-9(2)14-11(17(24)25)3-4-22-15(14)19/h3-6,8-9,13H,7H2,1-2H3. The topological polar surface area (TPSA) is 55.3 Å². The van der Waals surface area contributed by atoms with Crippen LogP contribution in [-0.4, -0.2) is 33.8 Å². The third kappa shape index (κ3) is 3.33. The summed E-state index contributed by atoms with van der Waals surface area (Å²) in [6.07, 6.45) is 0.333. The van der Waals surface area contributed by atoms with Gasteiger partial charge in [-0.2, -0.15) is 0 Å². The maximum atomic E-state index is 12.8. The Bertz CT molecular complexity index is 851. The lowest BCUT2D eigenvalue weighted by atomic mass is 10.1. The monoisotopic (exact) mass is 401 g/mol. The summed E-state index contributed by atoms with van der Waals surface area (Å²) < 4.78 is 29.4. The Morgan fingerprint density at radius 1 is 1.35 bits per heavy atom. The summed E-state index contributed by atoms with van der Waals surface area (Å²) in [6, 6.07) is 2.56. The molecule has 0 radical (unpaired) electrons. The van der Waals surface area contributed by atoms with E-state index >= 15 is 0 Å². The number of hydrogen-bond donors (Lipinski definition) is 0. The summed E-state index contributed by atoms with van der Waals surface area (Å²) in [7, 11) is 0. The molecular formula is C17H15Cl2F2N3O2. The van der Waals surface area contributed by atoms with Crippen LogP contribution in [0.25, 0.3) is 0 Å². The molecule has 3 heterocycles. The summed E-state index contributed by atoms with van der Waals surface area (Å²) in [4.78, 5) is 22.5. The number of nitrogens with zero attached hydrogens (tertiary/aromatic N) is 3. The van der Waals surface area contributed by atoms with E-state index in [2.05, 4.69) is 9.97 Å². The molecule has 138 valence electrons. The fourth-order valence-electron chi connectivity index (χ4n) is 3.07. The number of hydrogen-bond acceptors (Lipinski definition) is 4. The first-order chi connectivity index (χ1) is 12.3. The molecule has 0 aromatic carbocycles. The van der Waals surface area contributed by atoms with E-state index in [4.69, 9.17) is 27.9 Å². The Morgan fingerprint density at radius 2 is 2.08 bits per heavy atom. The van der Waals surface area contributed by atoms with Gasteiger partial charge in [0.15, 0.2) is 6.61 Å². The van der Waals surface area contributed by atoms with Crippen molar-refractivity contribution >= 4 is 29.1 Å². The van der Waals surface area contributed by atoms with Crippen molar-refractivity contribution in [1.82, 2.24) is 14.9 Å². The molecule has 0 bridgehead atoms. The normalized spacial score (nSPS) is 17.6. The minimum atomic E-state index is -2.62. The van der Waals surface area contributed by atoms with Crippen molar-refractivity contribution in [2.45, 2.75) is 32.4 Å². The van der Waals surface area contributed by atoms with Gasteiger partial charge in [-0.1, -0.05) is 23.2 Å². The molecule has 2 unspecified atom stereocenters. The quantitative estimate of drug-likeness (QED) is 0.680. The van der Waals surface area contributed by atoms with Gasteiger partial charge in [0.1, 0.15) is 10.2 Å². The Morgan fingerprint density at radius 3 is 2.69 bits per heavy atom. The Balaban J connectivity index is 1.86. The van der Waals surface area contributed by atoms with E-state index in [0.717, 1.165) is 0 Å². The molecule has 3 rings (SSSR count). The predicted octanol–water partition coefficient (Wildman–Crippen LogP) is 4.71. The van der Waals surface area contributed by atoms with Gasteiger partial charge in [-0.15, -0.1) is 0 Å². The summed E-state index contributed by atoms with van der Waals surface area (Å²) in [5, 5.41) is 0.400. The molecular weight excluding hydrogens is 387 g/mol. The van der Waals surface area contributed by atoms with Crippen LogP contribution in [0.15, 0.2) is 24.5 Å². The lowest BCUT2D eigenvalue weighted by Gasteiger charge is -2.29. The smallest absolute Gasteiger partial charge is 0.272 e. The Kier molecular flexibility index (Phi) is 5.29. The van der Waals surface area contributed by atoms with Crippen molar-refractivity contribution in [3.8, 4) is 5.88 Å². The zero-order valence-corrected chi connectivity index (χ0v) is 15.4. The second kappa shape index (κ2) is 7.32. The van der Waals surface area contributed by atoms with Gasteiger partial charge in [0.05, 0.1) is 12.1 Å². The van der Waals surface area contributed by atoms with Crippen molar-refractivity contribution in [3.05, 3.63) is 51.4 Å². The highest BCUT2D eigenvalue weighted by molar-refractivity contribution is 6.32. The average molecular weight is 402 g/mol. The molecule has 0 saturated carbocycles. The van der Waals surface area contributed by atoms with Crippen LogP contribution in [0.4, 0.5) is 8.78 Å². The van der Waals surface area contributed by atoms with Crippen LogP contribution in [0, 0.1) is 0 Å². The maximum absolute atomic E-state index is 12.8. The van der Waals surface area contributed by atoms with Crippen molar-refractivity contribution in [1.29, 1.82) is 0 Å². The molecule has 0 N–H and O–H groups in total. The molecule has 2 aromatic rings. The summed E-state index contributed by atoms with van der Waals surface area (Å²) in [6.45, 7) is 2.90. The van der Waals surface area contributed by atoms with Crippen LogP contribution in [0.1, 0.15) is 47.4 Å². The molecule has 2 aromatic heterocycles. The zero-order chi connectivity index (χ0) is 19.0. The van der Waals surface area contributed by atoms with E-state index < -0.39 is 13.0 Å². The summed E-state index contributed by atoms with van der Waals surface area (Å²) in [5.74, 6) is -0.238. The summed E-state index contributed by atoms with van der Waals surface area (Å²) >= 11 is 12.2. The number of pyridine rings is 2. The van der Waals surface area contributed by atoms with Gasteiger partial charge in [0.25, 0.3) is 12.3 Å². The maximum Gasteiger partial charge on any atom is 0.272 e. The number of rotatable bonds is 5. The molecule has 0 aliphatic carbocycles. The Labute approximate surface area is 158 Å². The Hall–Kier alpha value is -1.99. The van der Waals surface area contributed by atoms with Gasteiger partial charge in [-0.05, 0) is 31.5 Å². The second-order valence-corrected chi connectivity index (χ2v) is 6.65. The molecule has 1 amide bonds. The van der Waals surface area contributed by atoms with E-state index in [1.54, 1.807) is 17.0 Å². The van der Waals surface area contributed by atoms with Crippen LogP contribution in [0.3, 0.4) is 0 Å². The number of halogens is 4. The van der Waals surface area contributed by atoms with Gasteiger partial charge in [0.2, 0.25) is 5.88 Å². The fourth-order valence-corrected chi connectivity index (χ4v) is 3.62. The highest BCUT2D eigenvalue weighted by Crippen LogP contribution is 2.42. The van der Waals surface area contributed by atoms with Crippen molar-refractivity contribution in [3.63, 3.8) is 0 Å². The molecule has 0 spiro atoms. The molecule has 5 nitrogen and oxygen atoms in total. The predicted molar refractivity (Wildman–Crippen MR) is 93.0 cm³/mol. The first-order valence-corrected chi connectivity index (χ1v) is 8.60. The van der Waals surface area contributed by atoms with Crippen LogP contribution < -0.4 is 4.74 Å². The van der Waals surface area contributed by atoms with Gasteiger partial charge in [0, 0.05) is 23.5 Å². The summed E-state index contributed by atoms with van der Waals surface area (Å²) in [5.41, 5.74) is 1.85. The zero-order valence-electron chi connectivity index (χ0n) is 13.9. The second-order valence-electron chi connectivity index (χ2n) is 5.89. The first kappa shape index (κ1) is 18.8. The molecule has 1 aliphatic rings.